The monoisotopic (exact) mass is 240 g/mol. The quantitative estimate of drug-likeness (QED) is 0.802. The summed E-state index contributed by atoms with van der Waals surface area (Å²) in [6.45, 7) is 4.04. The number of amides is 1. The van der Waals surface area contributed by atoms with E-state index in [1.807, 2.05) is 24.8 Å². The number of carbonyl (C=O) groups excluding carboxylic acids is 1. The Morgan fingerprint density at radius 3 is 2.88 bits per heavy atom. The van der Waals surface area contributed by atoms with E-state index >= 15 is 0 Å². The van der Waals surface area contributed by atoms with Gasteiger partial charge in [-0.1, -0.05) is 13.8 Å². The summed E-state index contributed by atoms with van der Waals surface area (Å²) in [6, 6.07) is 2.34. The molecule has 1 aliphatic carbocycles. The van der Waals surface area contributed by atoms with Crippen molar-refractivity contribution < 1.29 is 4.79 Å². The Hall–Kier alpha value is -0.690. The molecule has 0 saturated heterocycles. The Morgan fingerprint density at radius 1 is 1.56 bits per heavy atom. The lowest BCUT2D eigenvalue weighted by Gasteiger charge is -2.14. The fourth-order valence-corrected chi connectivity index (χ4v) is 3.24. The van der Waals surface area contributed by atoms with Gasteiger partial charge >= 0.3 is 0 Å². The zero-order chi connectivity index (χ0) is 12.0. The molecule has 1 aliphatic rings. The van der Waals surface area contributed by atoms with Gasteiger partial charge in [-0.25, -0.2) is 0 Å². The molecule has 90 valence electrons. The molecule has 0 spiro atoms. The van der Waals surface area contributed by atoms with Crippen LogP contribution in [0.1, 0.15) is 39.5 Å². The second kappa shape index (κ2) is 6.80. The third-order valence-electron chi connectivity index (χ3n) is 3.01. The normalized spacial score (nSPS) is 26.1. The van der Waals surface area contributed by atoms with Gasteiger partial charge in [0.15, 0.2) is 0 Å². The van der Waals surface area contributed by atoms with Gasteiger partial charge < -0.3 is 5.32 Å². The number of nitrogens with one attached hydrogen (secondary N) is 1. The van der Waals surface area contributed by atoms with Gasteiger partial charge in [0.25, 0.3) is 0 Å². The van der Waals surface area contributed by atoms with E-state index in [9.17, 15) is 4.79 Å². The van der Waals surface area contributed by atoms with Crippen molar-refractivity contribution in [3.05, 3.63) is 0 Å². The maximum absolute atomic E-state index is 11.7. The smallest absolute Gasteiger partial charge is 0.237 e. The summed E-state index contributed by atoms with van der Waals surface area (Å²) in [5.74, 6) is 0.580. The highest BCUT2D eigenvalue weighted by atomic mass is 32.2. The van der Waals surface area contributed by atoms with Crippen LogP contribution in [0.5, 0.6) is 0 Å². The first kappa shape index (κ1) is 13.4. The fraction of sp³-hybridized carbons (Fsp3) is 0.833. The number of rotatable bonds is 5. The van der Waals surface area contributed by atoms with E-state index in [1.165, 1.54) is 6.42 Å². The summed E-state index contributed by atoms with van der Waals surface area (Å²) >= 11 is 1.97. The first-order valence-electron chi connectivity index (χ1n) is 6.02. The lowest BCUT2D eigenvalue weighted by Crippen LogP contribution is -2.37. The highest BCUT2D eigenvalue weighted by Gasteiger charge is 2.27. The van der Waals surface area contributed by atoms with Gasteiger partial charge in [-0.3, -0.25) is 4.79 Å². The minimum Gasteiger partial charge on any atom is -0.352 e. The molecule has 1 rings (SSSR count). The van der Waals surface area contributed by atoms with Crippen LogP contribution in [0.3, 0.4) is 0 Å². The Kier molecular flexibility index (Phi) is 5.68. The predicted molar refractivity (Wildman–Crippen MR) is 67.1 cm³/mol. The molecule has 0 aromatic heterocycles. The first-order valence-corrected chi connectivity index (χ1v) is 7.07. The standard InChI is InChI=1S/C12H20N2OS/c1-3-9(8-13)12(15)14-10-5-6-11(7-10)16-4-2/h9-11H,3-7H2,1-2H3,(H,14,15). The van der Waals surface area contributed by atoms with Crippen molar-refractivity contribution in [2.75, 3.05) is 5.75 Å². The maximum Gasteiger partial charge on any atom is 0.237 e. The lowest BCUT2D eigenvalue weighted by atomic mass is 10.1. The molecule has 1 N–H and O–H groups in total. The van der Waals surface area contributed by atoms with E-state index in [-0.39, 0.29) is 5.91 Å². The first-order chi connectivity index (χ1) is 7.71. The second-order valence-electron chi connectivity index (χ2n) is 4.19. The molecule has 0 aliphatic heterocycles. The predicted octanol–water partition coefficient (Wildman–Crippen LogP) is 2.33. The molecular weight excluding hydrogens is 220 g/mol. The Bertz CT molecular complexity index is 275. The van der Waals surface area contributed by atoms with Crippen molar-refractivity contribution in [3.8, 4) is 6.07 Å². The van der Waals surface area contributed by atoms with Crippen molar-refractivity contribution in [1.82, 2.24) is 5.32 Å². The van der Waals surface area contributed by atoms with Crippen LogP contribution in [0.4, 0.5) is 0 Å². The maximum atomic E-state index is 11.7. The largest absolute Gasteiger partial charge is 0.352 e. The van der Waals surface area contributed by atoms with Crippen LogP contribution in [-0.2, 0) is 4.79 Å². The average molecular weight is 240 g/mol. The highest BCUT2D eigenvalue weighted by Crippen LogP contribution is 2.29. The van der Waals surface area contributed by atoms with Gasteiger partial charge in [0.05, 0.1) is 6.07 Å². The number of thioether (sulfide) groups is 1. The molecular formula is C12H20N2OS. The molecule has 1 fully saturated rings. The molecule has 3 unspecified atom stereocenters. The van der Waals surface area contributed by atoms with E-state index in [0.29, 0.717) is 17.7 Å². The summed E-state index contributed by atoms with van der Waals surface area (Å²) in [6.07, 6.45) is 3.91. The van der Waals surface area contributed by atoms with Crippen LogP contribution >= 0.6 is 11.8 Å². The Morgan fingerprint density at radius 2 is 2.31 bits per heavy atom. The molecule has 0 aromatic carbocycles. The van der Waals surface area contributed by atoms with Crippen molar-refractivity contribution in [2.24, 2.45) is 5.92 Å². The summed E-state index contributed by atoms with van der Waals surface area (Å²) < 4.78 is 0. The zero-order valence-electron chi connectivity index (χ0n) is 10.0. The minimum absolute atomic E-state index is 0.0860. The molecule has 0 aromatic rings. The van der Waals surface area contributed by atoms with Gasteiger partial charge in [0, 0.05) is 11.3 Å². The van der Waals surface area contributed by atoms with Gasteiger partial charge in [0.1, 0.15) is 5.92 Å². The van der Waals surface area contributed by atoms with Crippen LogP contribution in [0.15, 0.2) is 0 Å². The summed E-state index contributed by atoms with van der Waals surface area (Å²) in [5, 5.41) is 12.5. The summed E-state index contributed by atoms with van der Waals surface area (Å²) in [7, 11) is 0. The fourth-order valence-electron chi connectivity index (χ4n) is 2.10. The number of carbonyl (C=O) groups is 1. The SMILES string of the molecule is CCSC1CCC(NC(=O)C(C#N)CC)C1. The minimum atomic E-state index is -0.474. The van der Waals surface area contributed by atoms with Gasteiger partial charge in [-0.2, -0.15) is 17.0 Å². The molecule has 0 bridgehead atoms. The van der Waals surface area contributed by atoms with Gasteiger partial charge in [-0.15, -0.1) is 0 Å². The second-order valence-corrected chi connectivity index (χ2v) is 5.76. The van der Waals surface area contributed by atoms with Crippen molar-refractivity contribution in [1.29, 1.82) is 5.26 Å². The third kappa shape index (κ3) is 3.71. The van der Waals surface area contributed by atoms with Crippen LogP contribution in [0.2, 0.25) is 0 Å². The lowest BCUT2D eigenvalue weighted by molar-refractivity contribution is -0.124. The Labute approximate surface area is 102 Å². The molecule has 4 heteroatoms. The van der Waals surface area contributed by atoms with Gasteiger partial charge in [-0.05, 0) is 31.4 Å². The van der Waals surface area contributed by atoms with Crippen LogP contribution in [0, 0.1) is 17.2 Å². The van der Waals surface area contributed by atoms with E-state index in [4.69, 9.17) is 5.26 Å². The Balaban J connectivity index is 2.34. The molecule has 0 radical (unpaired) electrons. The van der Waals surface area contributed by atoms with E-state index in [1.54, 1.807) is 0 Å². The molecule has 3 atom stereocenters. The number of hydrogen-bond acceptors (Lipinski definition) is 3. The van der Waals surface area contributed by atoms with Crippen LogP contribution in [0.25, 0.3) is 0 Å². The number of hydrogen-bond donors (Lipinski definition) is 1. The molecule has 3 nitrogen and oxygen atoms in total. The number of nitrogens with zero attached hydrogens (tertiary/aromatic N) is 1. The number of nitriles is 1. The summed E-state index contributed by atoms with van der Waals surface area (Å²) in [5.41, 5.74) is 0. The molecule has 0 heterocycles. The average Bonchev–Trinajstić information content (AvgIpc) is 2.68. The zero-order valence-corrected chi connectivity index (χ0v) is 10.8. The van der Waals surface area contributed by atoms with Gasteiger partial charge in [0.2, 0.25) is 5.91 Å². The third-order valence-corrected chi connectivity index (χ3v) is 4.25. The van der Waals surface area contributed by atoms with Crippen LogP contribution in [-0.4, -0.2) is 23.0 Å². The van der Waals surface area contributed by atoms with Crippen molar-refractivity contribution in [2.45, 2.75) is 50.8 Å². The van der Waals surface area contributed by atoms with Crippen molar-refractivity contribution in [3.63, 3.8) is 0 Å². The van der Waals surface area contributed by atoms with Crippen LogP contribution < -0.4 is 5.32 Å². The summed E-state index contributed by atoms with van der Waals surface area (Å²) in [4.78, 5) is 11.7. The topological polar surface area (TPSA) is 52.9 Å². The van der Waals surface area contributed by atoms with E-state index in [0.717, 1.165) is 18.6 Å². The van der Waals surface area contributed by atoms with E-state index in [2.05, 4.69) is 12.2 Å². The van der Waals surface area contributed by atoms with E-state index < -0.39 is 5.92 Å². The molecule has 16 heavy (non-hydrogen) atoms. The molecule has 1 saturated carbocycles. The van der Waals surface area contributed by atoms with Crippen molar-refractivity contribution >= 4 is 17.7 Å². The highest BCUT2D eigenvalue weighted by molar-refractivity contribution is 7.99. The molecule has 1 amide bonds.